The Kier molecular flexibility index (Phi) is 3.65. The average Bonchev–Trinajstić information content (AvgIpc) is 2.92. The fourth-order valence-corrected chi connectivity index (χ4v) is 3.44. The van der Waals surface area contributed by atoms with E-state index in [0.29, 0.717) is 13.1 Å². The predicted octanol–water partition coefficient (Wildman–Crippen LogP) is 0.590. The molecule has 1 fully saturated rings. The third kappa shape index (κ3) is 2.38. The van der Waals surface area contributed by atoms with Crippen LogP contribution >= 0.6 is 0 Å². The molecule has 0 saturated carbocycles. The van der Waals surface area contributed by atoms with Gasteiger partial charge in [0.05, 0.1) is 4.90 Å². The molecule has 2 rings (SSSR count). The van der Waals surface area contributed by atoms with Crippen LogP contribution in [0, 0.1) is 0 Å². The molecular formula is C11H14N2O4S. The van der Waals surface area contributed by atoms with Crippen LogP contribution in [0.5, 0.6) is 0 Å². The number of hydrogen-bond acceptors (Lipinski definition) is 4. The zero-order valence-corrected chi connectivity index (χ0v) is 10.5. The summed E-state index contributed by atoms with van der Waals surface area (Å²) >= 11 is 0. The van der Waals surface area contributed by atoms with Gasteiger partial charge in [0.1, 0.15) is 0 Å². The van der Waals surface area contributed by atoms with Crippen LogP contribution < -0.4 is 5.48 Å². The molecule has 1 aromatic rings. The molecule has 0 radical (unpaired) electrons. The third-order valence-electron chi connectivity index (χ3n) is 2.92. The van der Waals surface area contributed by atoms with Crippen molar-refractivity contribution in [3.63, 3.8) is 0 Å². The summed E-state index contributed by atoms with van der Waals surface area (Å²) in [5.74, 6) is -0.667. The van der Waals surface area contributed by atoms with Crippen LogP contribution in [-0.2, 0) is 10.0 Å². The topological polar surface area (TPSA) is 86.7 Å². The van der Waals surface area contributed by atoms with Gasteiger partial charge in [0.25, 0.3) is 5.91 Å². The van der Waals surface area contributed by atoms with Crippen molar-refractivity contribution in [2.75, 3.05) is 13.1 Å². The van der Waals surface area contributed by atoms with E-state index in [9.17, 15) is 13.2 Å². The first-order valence-corrected chi connectivity index (χ1v) is 7.04. The first-order chi connectivity index (χ1) is 8.55. The number of sulfonamides is 1. The molecule has 2 N–H and O–H groups in total. The van der Waals surface area contributed by atoms with E-state index in [0.717, 1.165) is 12.8 Å². The summed E-state index contributed by atoms with van der Waals surface area (Å²) in [7, 11) is -3.45. The molecule has 6 nitrogen and oxygen atoms in total. The Morgan fingerprint density at radius 2 is 1.72 bits per heavy atom. The van der Waals surface area contributed by atoms with E-state index in [4.69, 9.17) is 5.21 Å². The Morgan fingerprint density at radius 3 is 2.22 bits per heavy atom. The van der Waals surface area contributed by atoms with Crippen molar-refractivity contribution in [3.8, 4) is 0 Å². The van der Waals surface area contributed by atoms with E-state index in [1.54, 1.807) is 0 Å². The Bertz CT molecular complexity index is 533. The van der Waals surface area contributed by atoms with Crippen LogP contribution in [0.2, 0.25) is 0 Å². The van der Waals surface area contributed by atoms with Gasteiger partial charge >= 0.3 is 0 Å². The number of hydroxylamine groups is 1. The first kappa shape index (κ1) is 13.0. The summed E-state index contributed by atoms with van der Waals surface area (Å²) in [6, 6.07) is 5.49. The van der Waals surface area contributed by atoms with E-state index in [-0.39, 0.29) is 10.5 Å². The Morgan fingerprint density at radius 1 is 1.17 bits per heavy atom. The molecule has 0 spiro atoms. The molecule has 1 aromatic carbocycles. The second kappa shape index (κ2) is 5.05. The molecule has 1 heterocycles. The van der Waals surface area contributed by atoms with Gasteiger partial charge in [-0.05, 0) is 37.1 Å². The highest BCUT2D eigenvalue weighted by molar-refractivity contribution is 7.89. The molecule has 1 aliphatic rings. The zero-order valence-electron chi connectivity index (χ0n) is 9.67. The van der Waals surface area contributed by atoms with Gasteiger partial charge in [-0.3, -0.25) is 10.0 Å². The monoisotopic (exact) mass is 270 g/mol. The maximum atomic E-state index is 12.2. The second-order valence-corrected chi connectivity index (χ2v) is 6.01. The number of hydrogen-bond donors (Lipinski definition) is 2. The standard InChI is InChI=1S/C11H14N2O4S/c14-11(12-15)9-3-5-10(6-4-9)18(16,17)13-7-1-2-8-13/h3-6,15H,1-2,7-8H2,(H,12,14). The zero-order chi connectivity index (χ0) is 13.2. The summed E-state index contributed by atoms with van der Waals surface area (Å²) < 4.78 is 25.8. The highest BCUT2D eigenvalue weighted by Crippen LogP contribution is 2.20. The normalized spacial score (nSPS) is 16.7. The molecule has 0 bridgehead atoms. The number of amides is 1. The van der Waals surface area contributed by atoms with E-state index >= 15 is 0 Å². The van der Waals surface area contributed by atoms with Crippen molar-refractivity contribution in [2.24, 2.45) is 0 Å². The maximum Gasteiger partial charge on any atom is 0.274 e. The lowest BCUT2D eigenvalue weighted by molar-refractivity contribution is 0.0706. The average molecular weight is 270 g/mol. The van der Waals surface area contributed by atoms with Crippen molar-refractivity contribution in [1.29, 1.82) is 0 Å². The van der Waals surface area contributed by atoms with Crippen LogP contribution in [-0.4, -0.2) is 36.9 Å². The summed E-state index contributed by atoms with van der Waals surface area (Å²) in [5, 5.41) is 8.46. The smallest absolute Gasteiger partial charge is 0.274 e. The van der Waals surface area contributed by atoms with Crippen molar-refractivity contribution in [1.82, 2.24) is 9.79 Å². The number of rotatable bonds is 3. The molecule has 0 aromatic heterocycles. The van der Waals surface area contributed by atoms with Gasteiger partial charge < -0.3 is 0 Å². The van der Waals surface area contributed by atoms with Crippen LogP contribution in [0.3, 0.4) is 0 Å². The van der Waals surface area contributed by atoms with Crippen molar-refractivity contribution in [3.05, 3.63) is 29.8 Å². The van der Waals surface area contributed by atoms with Gasteiger partial charge in [-0.25, -0.2) is 13.9 Å². The van der Waals surface area contributed by atoms with E-state index in [1.807, 2.05) is 0 Å². The van der Waals surface area contributed by atoms with Gasteiger partial charge in [-0.2, -0.15) is 4.31 Å². The lowest BCUT2D eigenvalue weighted by Gasteiger charge is -2.15. The fourth-order valence-electron chi connectivity index (χ4n) is 1.92. The molecular weight excluding hydrogens is 256 g/mol. The highest BCUT2D eigenvalue weighted by atomic mass is 32.2. The Labute approximate surface area is 105 Å². The summed E-state index contributed by atoms with van der Waals surface area (Å²) in [5.41, 5.74) is 1.70. The fraction of sp³-hybridized carbons (Fsp3) is 0.364. The van der Waals surface area contributed by atoms with Crippen molar-refractivity contribution < 1.29 is 18.4 Å². The summed E-state index contributed by atoms with van der Waals surface area (Å²) in [4.78, 5) is 11.3. The first-order valence-electron chi connectivity index (χ1n) is 5.60. The van der Waals surface area contributed by atoms with Crippen LogP contribution in [0.15, 0.2) is 29.2 Å². The number of carbonyl (C=O) groups excluding carboxylic acids is 1. The van der Waals surface area contributed by atoms with Gasteiger partial charge in [0, 0.05) is 18.7 Å². The molecule has 98 valence electrons. The quantitative estimate of drug-likeness (QED) is 0.621. The molecule has 1 amide bonds. The molecule has 18 heavy (non-hydrogen) atoms. The van der Waals surface area contributed by atoms with Crippen LogP contribution in [0.25, 0.3) is 0 Å². The number of carbonyl (C=O) groups is 1. The van der Waals surface area contributed by atoms with E-state index in [2.05, 4.69) is 0 Å². The number of benzene rings is 1. The Balaban J connectivity index is 2.26. The minimum atomic E-state index is -3.45. The molecule has 0 unspecified atom stereocenters. The SMILES string of the molecule is O=C(NO)c1ccc(S(=O)(=O)N2CCCC2)cc1. The van der Waals surface area contributed by atoms with Crippen molar-refractivity contribution >= 4 is 15.9 Å². The molecule has 0 atom stereocenters. The molecule has 1 aliphatic heterocycles. The van der Waals surface area contributed by atoms with Gasteiger partial charge in [-0.15, -0.1) is 0 Å². The minimum Gasteiger partial charge on any atom is -0.288 e. The molecule has 1 saturated heterocycles. The van der Waals surface area contributed by atoms with Gasteiger partial charge in [-0.1, -0.05) is 0 Å². The number of nitrogens with zero attached hydrogens (tertiary/aromatic N) is 1. The van der Waals surface area contributed by atoms with Crippen LogP contribution in [0.1, 0.15) is 23.2 Å². The minimum absolute atomic E-state index is 0.166. The third-order valence-corrected chi connectivity index (χ3v) is 4.83. The largest absolute Gasteiger partial charge is 0.288 e. The van der Waals surface area contributed by atoms with Crippen LogP contribution in [0.4, 0.5) is 0 Å². The summed E-state index contributed by atoms with van der Waals surface area (Å²) in [6.45, 7) is 1.09. The highest BCUT2D eigenvalue weighted by Gasteiger charge is 2.27. The van der Waals surface area contributed by atoms with Gasteiger partial charge in [0.15, 0.2) is 0 Å². The van der Waals surface area contributed by atoms with Crippen molar-refractivity contribution in [2.45, 2.75) is 17.7 Å². The Hall–Kier alpha value is -1.44. The summed E-state index contributed by atoms with van der Waals surface area (Å²) in [6.07, 6.45) is 1.76. The lowest BCUT2D eigenvalue weighted by atomic mass is 10.2. The number of nitrogens with one attached hydrogen (secondary N) is 1. The van der Waals surface area contributed by atoms with E-state index < -0.39 is 15.9 Å². The molecule has 0 aliphatic carbocycles. The second-order valence-electron chi connectivity index (χ2n) is 4.08. The van der Waals surface area contributed by atoms with E-state index in [1.165, 1.54) is 34.1 Å². The molecule has 7 heteroatoms. The predicted molar refractivity (Wildman–Crippen MR) is 63.7 cm³/mol. The maximum absolute atomic E-state index is 12.2. The lowest BCUT2D eigenvalue weighted by Crippen LogP contribution is -2.28. The van der Waals surface area contributed by atoms with Gasteiger partial charge in [0.2, 0.25) is 10.0 Å².